The zero-order valence-electron chi connectivity index (χ0n) is 17.4. The van der Waals surface area contributed by atoms with Gasteiger partial charge in [0.05, 0.1) is 16.8 Å². The molecule has 0 saturated heterocycles. The van der Waals surface area contributed by atoms with Crippen molar-refractivity contribution in [1.82, 2.24) is 14.8 Å². The molecule has 1 aromatic carbocycles. The Kier molecular flexibility index (Phi) is 5.35. The maximum Gasteiger partial charge on any atom is 0.335 e. The van der Waals surface area contributed by atoms with Crippen LogP contribution < -0.4 is 0 Å². The van der Waals surface area contributed by atoms with E-state index in [4.69, 9.17) is 4.74 Å². The summed E-state index contributed by atoms with van der Waals surface area (Å²) in [6, 6.07) is 8.47. The Morgan fingerprint density at radius 3 is 2.79 bits per heavy atom. The minimum Gasteiger partial charge on any atom is -0.478 e. The van der Waals surface area contributed by atoms with Gasteiger partial charge in [0.1, 0.15) is 12.4 Å². The van der Waals surface area contributed by atoms with Crippen LogP contribution in [0.3, 0.4) is 0 Å². The molecule has 0 radical (unpaired) electrons. The molecule has 2 heterocycles. The first-order valence-electron chi connectivity index (χ1n) is 10.3. The number of hydrogen-bond acceptors (Lipinski definition) is 3. The lowest BCUT2D eigenvalue weighted by Gasteiger charge is -2.17. The third kappa shape index (κ3) is 4.16. The largest absolute Gasteiger partial charge is 0.478 e. The second-order valence-electron chi connectivity index (χ2n) is 9.12. The summed E-state index contributed by atoms with van der Waals surface area (Å²) in [5.41, 5.74) is 5.65. The van der Waals surface area contributed by atoms with Gasteiger partial charge in [0, 0.05) is 31.3 Å². The molecule has 154 valence electrons. The van der Waals surface area contributed by atoms with E-state index in [0.29, 0.717) is 13.3 Å². The van der Waals surface area contributed by atoms with Crippen LogP contribution in [0.5, 0.6) is 0 Å². The molecule has 0 fully saturated rings. The summed E-state index contributed by atoms with van der Waals surface area (Å²) in [6.45, 7) is 8.12. The molecule has 0 saturated carbocycles. The second kappa shape index (κ2) is 7.80. The first-order valence-corrected chi connectivity index (χ1v) is 14.0. The number of aryl methyl sites for hydroxylation is 1. The molecule has 3 aromatic rings. The Morgan fingerprint density at radius 2 is 2.03 bits per heavy atom. The van der Waals surface area contributed by atoms with Crippen LogP contribution in [0.2, 0.25) is 25.7 Å². The van der Waals surface area contributed by atoms with Crippen molar-refractivity contribution in [2.75, 3.05) is 6.61 Å². The molecule has 29 heavy (non-hydrogen) atoms. The van der Waals surface area contributed by atoms with E-state index in [0.717, 1.165) is 41.2 Å². The first kappa shape index (κ1) is 19.9. The Hall–Kier alpha value is -2.38. The lowest BCUT2D eigenvalue weighted by atomic mass is 9.95. The number of nitrogens with one attached hydrogen (secondary N) is 1. The van der Waals surface area contributed by atoms with Crippen LogP contribution in [-0.2, 0) is 24.3 Å². The van der Waals surface area contributed by atoms with Gasteiger partial charge in [0.2, 0.25) is 0 Å². The molecule has 0 bridgehead atoms. The van der Waals surface area contributed by atoms with Crippen molar-refractivity contribution in [2.45, 2.75) is 58.1 Å². The van der Waals surface area contributed by atoms with Crippen LogP contribution in [-0.4, -0.2) is 40.5 Å². The number of aromatic nitrogens is 3. The Morgan fingerprint density at radius 1 is 1.24 bits per heavy atom. The van der Waals surface area contributed by atoms with E-state index in [1.165, 1.54) is 24.1 Å². The van der Waals surface area contributed by atoms with Gasteiger partial charge in [-0.15, -0.1) is 0 Å². The SMILES string of the molecule is C[Si](C)(C)CCOCn1c(-c2n[nH]c3c2CCCC3)cc2ccc(C(=O)O)cc21. The normalized spacial score (nSPS) is 14.3. The number of ether oxygens (including phenoxy) is 1. The van der Waals surface area contributed by atoms with Gasteiger partial charge in [0.15, 0.2) is 0 Å². The molecule has 2 N–H and O–H groups in total. The highest BCUT2D eigenvalue weighted by Crippen LogP contribution is 2.34. The lowest BCUT2D eigenvalue weighted by molar-refractivity contribution is 0.0696. The number of H-pyrrole nitrogens is 1. The predicted octanol–water partition coefficient (Wildman–Crippen LogP) is 4.92. The molecule has 0 spiro atoms. The van der Waals surface area contributed by atoms with E-state index in [9.17, 15) is 9.90 Å². The van der Waals surface area contributed by atoms with E-state index in [2.05, 4.69) is 40.5 Å². The van der Waals surface area contributed by atoms with Crippen LogP contribution >= 0.6 is 0 Å². The molecule has 0 amide bonds. The maximum atomic E-state index is 11.5. The Balaban J connectivity index is 1.74. The van der Waals surface area contributed by atoms with E-state index in [1.54, 1.807) is 12.1 Å². The summed E-state index contributed by atoms with van der Waals surface area (Å²) < 4.78 is 8.14. The number of nitrogens with zero attached hydrogens (tertiary/aromatic N) is 2. The predicted molar refractivity (Wildman–Crippen MR) is 117 cm³/mol. The number of aromatic amines is 1. The van der Waals surface area contributed by atoms with Crippen LogP contribution in [0.25, 0.3) is 22.3 Å². The third-order valence-corrected chi connectivity index (χ3v) is 7.37. The number of rotatable bonds is 7. The second-order valence-corrected chi connectivity index (χ2v) is 14.7. The van der Waals surface area contributed by atoms with Crippen molar-refractivity contribution >= 4 is 24.9 Å². The summed E-state index contributed by atoms with van der Waals surface area (Å²) in [4.78, 5) is 11.5. The van der Waals surface area contributed by atoms with E-state index in [1.807, 2.05) is 6.07 Å². The van der Waals surface area contributed by atoms with Crippen LogP contribution in [0, 0.1) is 0 Å². The summed E-state index contributed by atoms with van der Waals surface area (Å²) >= 11 is 0. The van der Waals surface area contributed by atoms with Crippen LogP contribution in [0.4, 0.5) is 0 Å². The zero-order chi connectivity index (χ0) is 20.6. The van der Waals surface area contributed by atoms with Crippen molar-refractivity contribution in [3.63, 3.8) is 0 Å². The third-order valence-electron chi connectivity index (χ3n) is 5.67. The average molecular weight is 412 g/mol. The maximum absolute atomic E-state index is 11.5. The molecule has 0 unspecified atom stereocenters. The number of hydrogen-bond donors (Lipinski definition) is 2. The molecular weight excluding hydrogens is 382 g/mol. The highest BCUT2D eigenvalue weighted by atomic mass is 28.3. The Labute approximate surface area is 171 Å². The molecule has 0 aliphatic heterocycles. The quantitative estimate of drug-likeness (QED) is 0.427. The van der Waals surface area contributed by atoms with Gasteiger partial charge >= 0.3 is 5.97 Å². The number of carboxylic acids is 1. The minimum absolute atomic E-state index is 0.287. The zero-order valence-corrected chi connectivity index (χ0v) is 18.4. The number of fused-ring (bicyclic) bond motifs is 2. The number of carbonyl (C=O) groups is 1. The van der Waals surface area contributed by atoms with Gasteiger partial charge in [-0.1, -0.05) is 25.7 Å². The molecule has 0 atom stereocenters. The van der Waals surface area contributed by atoms with Crippen molar-refractivity contribution in [3.05, 3.63) is 41.1 Å². The van der Waals surface area contributed by atoms with Crippen molar-refractivity contribution in [3.8, 4) is 11.4 Å². The molecular formula is C22H29N3O3Si. The van der Waals surface area contributed by atoms with Gasteiger partial charge in [-0.3, -0.25) is 5.10 Å². The fourth-order valence-corrected chi connectivity index (χ4v) is 4.71. The van der Waals surface area contributed by atoms with Gasteiger partial charge in [-0.2, -0.15) is 5.10 Å². The first-order chi connectivity index (χ1) is 13.8. The molecule has 1 aliphatic rings. The summed E-state index contributed by atoms with van der Waals surface area (Å²) in [6.07, 6.45) is 4.44. The Bertz CT molecular complexity index is 1050. The van der Waals surface area contributed by atoms with E-state index < -0.39 is 14.0 Å². The summed E-state index contributed by atoms with van der Waals surface area (Å²) in [5.74, 6) is -0.919. The van der Waals surface area contributed by atoms with E-state index in [-0.39, 0.29) is 5.56 Å². The van der Waals surface area contributed by atoms with Gasteiger partial charge in [-0.25, -0.2) is 4.79 Å². The number of carboxylic acid groups (broad SMARTS) is 1. The summed E-state index contributed by atoms with van der Waals surface area (Å²) in [7, 11) is -1.17. The smallest absolute Gasteiger partial charge is 0.335 e. The fraction of sp³-hybridized carbons (Fsp3) is 0.455. The summed E-state index contributed by atoms with van der Waals surface area (Å²) in [5, 5.41) is 18.3. The van der Waals surface area contributed by atoms with Crippen molar-refractivity contribution in [1.29, 1.82) is 0 Å². The van der Waals surface area contributed by atoms with Crippen molar-refractivity contribution < 1.29 is 14.6 Å². The fourth-order valence-electron chi connectivity index (χ4n) is 3.95. The molecule has 4 rings (SSSR count). The monoisotopic (exact) mass is 411 g/mol. The van der Waals surface area contributed by atoms with Crippen molar-refractivity contribution in [2.24, 2.45) is 0 Å². The van der Waals surface area contributed by atoms with Crippen LogP contribution in [0.15, 0.2) is 24.3 Å². The topological polar surface area (TPSA) is 80.1 Å². The van der Waals surface area contributed by atoms with Gasteiger partial charge in [-0.05, 0) is 49.9 Å². The van der Waals surface area contributed by atoms with E-state index >= 15 is 0 Å². The van der Waals surface area contributed by atoms with Gasteiger partial charge < -0.3 is 14.4 Å². The minimum atomic E-state index is -1.17. The number of aromatic carboxylic acids is 1. The average Bonchev–Trinajstić information content (AvgIpc) is 3.25. The molecule has 6 nitrogen and oxygen atoms in total. The molecule has 2 aromatic heterocycles. The highest BCUT2D eigenvalue weighted by Gasteiger charge is 2.22. The molecule has 1 aliphatic carbocycles. The van der Waals surface area contributed by atoms with Crippen LogP contribution in [0.1, 0.15) is 34.5 Å². The lowest BCUT2D eigenvalue weighted by Crippen LogP contribution is -2.22. The van der Waals surface area contributed by atoms with Gasteiger partial charge in [0.25, 0.3) is 0 Å². The highest BCUT2D eigenvalue weighted by molar-refractivity contribution is 6.76. The number of benzene rings is 1. The molecule has 7 heteroatoms. The standard InChI is InChI=1S/C22H29N3O3Si/c1-29(2,3)11-10-28-14-25-19-13-16(22(26)27)9-8-15(19)12-20(25)21-17-6-4-5-7-18(17)23-24-21/h8-9,12-13H,4-7,10-11,14H2,1-3H3,(H,23,24)(H,26,27).